The van der Waals surface area contributed by atoms with E-state index in [1.807, 2.05) is 38.2 Å². The molecule has 0 fully saturated rings. The Morgan fingerprint density at radius 2 is 2.05 bits per heavy atom. The average Bonchev–Trinajstić information content (AvgIpc) is 2.38. The van der Waals surface area contributed by atoms with Gasteiger partial charge in [-0.25, -0.2) is 9.97 Å². The van der Waals surface area contributed by atoms with Crippen LogP contribution in [0.1, 0.15) is 11.4 Å². The Kier molecular flexibility index (Phi) is 4.50. The zero-order chi connectivity index (χ0) is 13.8. The van der Waals surface area contributed by atoms with Crippen LogP contribution in [0.25, 0.3) is 11.4 Å². The summed E-state index contributed by atoms with van der Waals surface area (Å²) in [5, 5.41) is 3.10. The minimum Gasteiger partial charge on any atom is -0.496 e. The molecule has 0 atom stereocenters. The number of hydrogen-bond acceptors (Lipinski definition) is 4. The maximum Gasteiger partial charge on any atom is 0.159 e. The van der Waals surface area contributed by atoms with E-state index in [1.165, 1.54) is 0 Å². The molecule has 2 aromatic rings. The van der Waals surface area contributed by atoms with Crippen molar-refractivity contribution >= 4 is 15.9 Å². The van der Waals surface area contributed by atoms with Crippen molar-refractivity contribution in [1.29, 1.82) is 0 Å². The van der Waals surface area contributed by atoms with Gasteiger partial charge in [-0.3, -0.25) is 0 Å². The molecule has 0 aliphatic carbocycles. The van der Waals surface area contributed by atoms with Crippen LogP contribution in [0.15, 0.2) is 28.7 Å². The number of aromatic nitrogens is 2. The van der Waals surface area contributed by atoms with Crippen LogP contribution in [-0.4, -0.2) is 24.1 Å². The summed E-state index contributed by atoms with van der Waals surface area (Å²) in [6, 6.07) is 7.82. The van der Waals surface area contributed by atoms with E-state index in [-0.39, 0.29) is 0 Å². The summed E-state index contributed by atoms with van der Waals surface area (Å²) >= 11 is 3.48. The molecule has 0 saturated carbocycles. The lowest BCUT2D eigenvalue weighted by Crippen LogP contribution is -2.08. The van der Waals surface area contributed by atoms with E-state index >= 15 is 0 Å². The highest BCUT2D eigenvalue weighted by molar-refractivity contribution is 9.10. The fraction of sp³-hybridized carbons (Fsp3) is 0.286. The molecule has 0 unspecified atom stereocenters. The van der Waals surface area contributed by atoms with Crippen molar-refractivity contribution in [3.05, 3.63) is 40.1 Å². The van der Waals surface area contributed by atoms with Crippen molar-refractivity contribution in [2.45, 2.75) is 13.5 Å². The van der Waals surface area contributed by atoms with Gasteiger partial charge in [0.2, 0.25) is 0 Å². The Bertz CT molecular complexity index is 587. The lowest BCUT2D eigenvalue weighted by molar-refractivity contribution is 0.412. The molecule has 0 bridgehead atoms. The molecule has 1 aromatic carbocycles. The molecule has 1 heterocycles. The van der Waals surface area contributed by atoms with E-state index in [4.69, 9.17) is 4.74 Å². The first-order valence-corrected chi connectivity index (χ1v) is 6.76. The Labute approximate surface area is 121 Å². The lowest BCUT2D eigenvalue weighted by atomic mass is 10.2. The molecule has 0 spiro atoms. The Morgan fingerprint density at radius 1 is 1.26 bits per heavy atom. The van der Waals surface area contributed by atoms with E-state index < -0.39 is 0 Å². The second kappa shape index (κ2) is 6.12. The van der Waals surface area contributed by atoms with Crippen LogP contribution in [-0.2, 0) is 6.54 Å². The van der Waals surface area contributed by atoms with Crippen molar-refractivity contribution in [3.8, 4) is 17.1 Å². The molecule has 1 N–H and O–H groups in total. The predicted octanol–water partition coefficient (Wildman–Crippen LogP) is 2.94. The van der Waals surface area contributed by atoms with Gasteiger partial charge in [-0.15, -0.1) is 0 Å². The highest BCUT2D eigenvalue weighted by Crippen LogP contribution is 2.29. The van der Waals surface area contributed by atoms with Gasteiger partial charge in [0.05, 0.1) is 17.3 Å². The minimum absolute atomic E-state index is 0.730. The number of rotatable bonds is 4. The number of methoxy groups -OCH3 is 1. The molecule has 2 rings (SSSR count). The van der Waals surface area contributed by atoms with Crippen LogP contribution < -0.4 is 10.1 Å². The number of ether oxygens (including phenoxy) is 1. The maximum atomic E-state index is 5.22. The summed E-state index contributed by atoms with van der Waals surface area (Å²) in [5.41, 5.74) is 2.91. The van der Waals surface area contributed by atoms with E-state index in [0.29, 0.717) is 0 Å². The minimum atomic E-state index is 0.730. The standard InChI is InChI=1S/C14H16BrN3O/c1-9-6-11(8-16-2)18-14(17-9)10-4-5-13(19-3)12(15)7-10/h4-7,16H,8H2,1-3H3. The SMILES string of the molecule is CNCc1cc(C)nc(-c2ccc(OC)c(Br)c2)n1. The van der Waals surface area contributed by atoms with E-state index in [1.54, 1.807) is 7.11 Å². The van der Waals surface area contributed by atoms with Crippen LogP contribution >= 0.6 is 15.9 Å². The summed E-state index contributed by atoms with van der Waals surface area (Å²) in [7, 11) is 3.55. The largest absolute Gasteiger partial charge is 0.496 e. The third-order valence-electron chi connectivity index (χ3n) is 2.68. The first-order chi connectivity index (χ1) is 9.13. The average molecular weight is 322 g/mol. The van der Waals surface area contributed by atoms with Gasteiger partial charge < -0.3 is 10.1 Å². The number of aryl methyl sites for hydroxylation is 1. The van der Waals surface area contributed by atoms with Crippen molar-refractivity contribution in [2.75, 3.05) is 14.2 Å². The van der Waals surface area contributed by atoms with Crippen molar-refractivity contribution in [1.82, 2.24) is 15.3 Å². The Balaban J connectivity index is 2.43. The smallest absolute Gasteiger partial charge is 0.159 e. The molecular formula is C14H16BrN3O. The van der Waals surface area contributed by atoms with E-state index in [0.717, 1.165) is 39.5 Å². The molecule has 5 heteroatoms. The predicted molar refractivity (Wildman–Crippen MR) is 79.2 cm³/mol. The summed E-state index contributed by atoms with van der Waals surface area (Å²) in [6.07, 6.45) is 0. The molecule has 0 saturated heterocycles. The molecule has 0 aliphatic rings. The Hall–Kier alpha value is -1.46. The van der Waals surface area contributed by atoms with Gasteiger partial charge in [-0.05, 0) is 54.2 Å². The zero-order valence-corrected chi connectivity index (χ0v) is 12.8. The van der Waals surface area contributed by atoms with Gasteiger partial charge >= 0.3 is 0 Å². The van der Waals surface area contributed by atoms with Gasteiger partial charge in [0, 0.05) is 17.8 Å². The van der Waals surface area contributed by atoms with Gasteiger partial charge in [0.1, 0.15) is 5.75 Å². The molecule has 4 nitrogen and oxygen atoms in total. The third-order valence-corrected chi connectivity index (χ3v) is 3.29. The number of hydrogen-bond donors (Lipinski definition) is 1. The highest BCUT2D eigenvalue weighted by atomic mass is 79.9. The monoisotopic (exact) mass is 321 g/mol. The summed E-state index contributed by atoms with van der Waals surface area (Å²) in [5.74, 6) is 1.53. The van der Waals surface area contributed by atoms with Gasteiger partial charge in [0.15, 0.2) is 5.82 Å². The second-order valence-corrected chi connectivity index (χ2v) is 5.06. The molecule has 0 radical (unpaired) electrons. The summed E-state index contributed by atoms with van der Waals surface area (Å²) < 4.78 is 6.12. The van der Waals surface area contributed by atoms with Crippen LogP contribution in [0.2, 0.25) is 0 Å². The molecule has 0 amide bonds. The van der Waals surface area contributed by atoms with E-state index in [2.05, 4.69) is 31.2 Å². The van der Waals surface area contributed by atoms with Crippen LogP contribution in [0.3, 0.4) is 0 Å². The number of nitrogens with one attached hydrogen (secondary N) is 1. The highest BCUT2D eigenvalue weighted by Gasteiger charge is 2.08. The van der Waals surface area contributed by atoms with Crippen molar-refractivity contribution in [2.24, 2.45) is 0 Å². The van der Waals surface area contributed by atoms with Gasteiger partial charge in [0.25, 0.3) is 0 Å². The number of nitrogens with zero attached hydrogens (tertiary/aromatic N) is 2. The molecule has 100 valence electrons. The fourth-order valence-electron chi connectivity index (χ4n) is 1.84. The lowest BCUT2D eigenvalue weighted by Gasteiger charge is -2.08. The second-order valence-electron chi connectivity index (χ2n) is 4.20. The van der Waals surface area contributed by atoms with Gasteiger partial charge in [-0.1, -0.05) is 0 Å². The third kappa shape index (κ3) is 3.30. The molecule has 1 aromatic heterocycles. The van der Waals surface area contributed by atoms with Crippen LogP contribution in [0, 0.1) is 6.92 Å². The summed E-state index contributed by atoms with van der Waals surface area (Å²) in [6.45, 7) is 2.70. The van der Waals surface area contributed by atoms with E-state index in [9.17, 15) is 0 Å². The molecule has 19 heavy (non-hydrogen) atoms. The quantitative estimate of drug-likeness (QED) is 0.940. The first-order valence-electron chi connectivity index (χ1n) is 5.97. The topological polar surface area (TPSA) is 47.0 Å². The van der Waals surface area contributed by atoms with Gasteiger partial charge in [-0.2, -0.15) is 0 Å². The van der Waals surface area contributed by atoms with Crippen LogP contribution in [0.5, 0.6) is 5.75 Å². The van der Waals surface area contributed by atoms with Crippen molar-refractivity contribution in [3.63, 3.8) is 0 Å². The molecule has 0 aliphatic heterocycles. The Morgan fingerprint density at radius 3 is 2.68 bits per heavy atom. The number of halogens is 1. The molecular weight excluding hydrogens is 306 g/mol. The maximum absolute atomic E-state index is 5.22. The normalized spacial score (nSPS) is 10.5. The van der Waals surface area contributed by atoms with Crippen molar-refractivity contribution < 1.29 is 4.74 Å². The number of benzene rings is 1. The van der Waals surface area contributed by atoms with Crippen LogP contribution in [0.4, 0.5) is 0 Å². The fourth-order valence-corrected chi connectivity index (χ4v) is 2.38. The zero-order valence-electron chi connectivity index (χ0n) is 11.2. The summed E-state index contributed by atoms with van der Waals surface area (Å²) in [4.78, 5) is 9.04. The first kappa shape index (κ1) is 14.0.